The monoisotopic (exact) mass is 1770 g/mol. The molecule has 3 fully saturated rings. The van der Waals surface area contributed by atoms with Crippen molar-refractivity contribution in [2.75, 3.05) is 119 Å². The number of aliphatic hydroxyl groups excluding tert-OH is 9. The molecule has 0 aromatic carbocycles. The van der Waals surface area contributed by atoms with Crippen molar-refractivity contribution in [1.82, 2.24) is 53.2 Å². The van der Waals surface area contributed by atoms with Crippen LogP contribution >= 0.6 is 0 Å². The zero-order valence-corrected chi connectivity index (χ0v) is 76.1. The number of rotatable bonds is 65. The van der Waals surface area contributed by atoms with Crippen molar-refractivity contribution in [3.05, 3.63) is 0 Å². The molecule has 714 valence electrons. The molecule has 0 aliphatic carbocycles. The van der Waals surface area contributed by atoms with E-state index >= 15 is 0 Å². The number of hydrogen-bond donors (Lipinski definition) is 19. The van der Waals surface area contributed by atoms with Gasteiger partial charge in [-0.3, -0.25) is 47.9 Å². The van der Waals surface area contributed by atoms with E-state index < -0.39 is 168 Å². The van der Waals surface area contributed by atoms with E-state index in [1.54, 1.807) is 83.1 Å². The zero-order chi connectivity index (χ0) is 92.5. The highest BCUT2D eigenvalue weighted by atomic mass is 16.6. The number of aliphatic hydroxyl groups is 9. The third-order valence-corrected chi connectivity index (χ3v) is 22.5. The van der Waals surface area contributed by atoms with Gasteiger partial charge in [-0.05, 0) is 167 Å². The Morgan fingerprint density at radius 2 is 0.593 bits per heavy atom. The molecule has 0 radical (unpaired) electrons. The van der Waals surface area contributed by atoms with Crippen LogP contribution in [0.25, 0.3) is 0 Å². The molecule has 3 rings (SSSR count). The van der Waals surface area contributed by atoms with E-state index in [2.05, 4.69) is 53.2 Å². The largest absolute Gasteiger partial charge is 0.394 e. The SMILES string of the molecule is CCCCCC(=O)NC(COCCC(=O)NCCCNC(C)(C)C(=O)CCCCOC(C)(C)[C@@H]1OC(CO)[C@H](O)C(O)C1NC(C)=O)(COCCC(=O)NCCCNC(C)(C)C(=O)CCCCOC(C)(C)[C@@H]1OC(CO)[C@H](O)C(O)C1NC(C)=O)COCCC(=O)NCCCNC(C)(C)C(=O)CCCCOC(C)(C)[C@@H]1OC(CO)[C@H](O)C(O)[C@@H]1NC(C)=O. The maximum atomic E-state index is 13.7. The molecule has 3 aliphatic heterocycles. The first-order valence-corrected chi connectivity index (χ1v) is 44.0. The Morgan fingerprint density at radius 1 is 0.325 bits per heavy atom. The van der Waals surface area contributed by atoms with Gasteiger partial charge in [0.25, 0.3) is 0 Å². The minimum Gasteiger partial charge on any atom is -0.394 e. The summed E-state index contributed by atoms with van der Waals surface area (Å²) in [5.74, 6) is -2.75. The minimum absolute atomic E-state index is 0.0407. The topological polar surface area (TPSA) is 556 Å². The van der Waals surface area contributed by atoms with Gasteiger partial charge in [0.15, 0.2) is 17.3 Å². The highest BCUT2D eigenvalue weighted by Gasteiger charge is 2.54. The number of unbranched alkanes of at least 4 members (excludes halogenated alkanes) is 5. The Morgan fingerprint density at radius 3 is 0.846 bits per heavy atom. The fourth-order valence-corrected chi connectivity index (χ4v) is 14.8. The summed E-state index contributed by atoms with van der Waals surface area (Å²) in [5.41, 5.74) is -7.29. The van der Waals surface area contributed by atoms with Crippen LogP contribution in [0.3, 0.4) is 0 Å². The second kappa shape index (κ2) is 55.4. The number of nitrogens with one attached hydrogen (secondary N) is 10. The van der Waals surface area contributed by atoms with Gasteiger partial charge in [-0.1, -0.05) is 19.8 Å². The summed E-state index contributed by atoms with van der Waals surface area (Å²) in [5, 5.41) is 123. The fourth-order valence-electron chi connectivity index (χ4n) is 14.8. The van der Waals surface area contributed by atoms with Crippen molar-refractivity contribution in [2.45, 2.75) is 363 Å². The Balaban J connectivity index is 1.56. The van der Waals surface area contributed by atoms with E-state index in [0.29, 0.717) is 83.8 Å². The standard InChI is InChI=1S/C85H156N10O28/c1-17-18-19-32-66(108)95-85(51-115-45-33-63(105)86-36-26-39-89-79(5,6)60(102)29-20-23-42-118-82(11,12)76-67(92-54(2)99)73(112)70(109)57(48-96)121-76,52-116-46-34-64(106)87-37-27-40-90-80(7,8)61(103)30-21-24-43-119-83(13,14)77-68(93-55(3)100)74(113)71(110)58(49-97)122-77)53-117-47-35-65(107)88-38-28-41-91-81(9,10)62(104)31-22-25-44-120-84(15,16)78-69(94-56(4)101)75(114)72(111)59(50-98)123-78/h57-59,67-78,89-91,96-98,109-114H,17-53H2,1-16H3,(H,86,105)(H,87,106)(H,88,107)(H,92,99)(H,93,100)(H,94,101)(H,95,108)/t57?,58?,59?,67-,68?,69?,70-,71-,72-,73?,74?,75?,76+,77+,78+,85?/m0/s1. The number of amides is 7. The van der Waals surface area contributed by atoms with Crippen LogP contribution in [0, 0.1) is 0 Å². The van der Waals surface area contributed by atoms with Gasteiger partial charge in [0, 0.05) is 105 Å². The smallest absolute Gasteiger partial charge is 0.222 e. The molecule has 3 heterocycles. The Hall–Kier alpha value is -5.54. The lowest BCUT2D eigenvalue weighted by atomic mass is 9.84. The Labute approximate surface area is 727 Å². The average molecular weight is 1770 g/mol. The fraction of sp³-hybridized carbons (Fsp3) is 0.882. The first kappa shape index (κ1) is 112. The van der Waals surface area contributed by atoms with Gasteiger partial charge in [-0.2, -0.15) is 0 Å². The number of Topliss-reactive ketones (excluding diaryl/α,β-unsaturated/α-hetero) is 3. The van der Waals surface area contributed by atoms with Crippen LogP contribution in [0.2, 0.25) is 0 Å². The first-order chi connectivity index (χ1) is 57.7. The lowest BCUT2D eigenvalue weighted by Crippen LogP contribution is -2.68. The quantitative estimate of drug-likeness (QED) is 0.0319. The number of carbonyl (C=O) groups excluding carboxylic acids is 10. The first-order valence-electron chi connectivity index (χ1n) is 44.0. The molecule has 19 N–H and O–H groups in total. The van der Waals surface area contributed by atoms with Crippen LogP contribution in [0.4, 0.5) is 0 Å². The average Bonchev–Trinajstić information content (AvgIpc) is 0.786. The van der Waals surface area contributed by atoms with E-state index in [1.807, 2.05) is 6.92 Å². The molecule has 123 heavy (non-hydrogen) atoms. The normalized spacial score (nSPS) is 24.1. The molecule has 3 saturated heterocycles. The second-order valence-electron chi connectivity index (χ2n) is 35.9. The van der Waals surface area contributed by atoms with Crippen molar-refractivity contribution >= 4 is 58.7 Å². The van der Waals surface area contributed by atoms with Crippen LogP contribution < -0.4 is 53.2 Å². The predicted molar refractivity (Wildman–Crippen MR) is 453 cm³/mol. The third kappa shape index (κ3) is 39.5. The Kier molecular flexibility index (Phi) is 50.2. The van der Waals surface area contributed by atoms with E-state index in [1.165, 1.54) is 20.8 Å². The van der Waals surface area contributed by atoms with Crippen molar-refractivity contribution in [3.63, 3.8) is 0 Å². The summed E-state index contributed by atoms with van der Waals surface area (Å²) in [7, 11) is 0. The van der Waals surface area contributed by atoms with Gasteiger partial charge in [-0.25, -0.2) is 0 Å². The van der Waals surface area contributed by atoms with Crippen LogP contribution in [0.5, 0.6) is 0 Å². The number of ether oxygens (including phenoxy) is 9. The summed E-state index contributed by atoms with van der Waals surface area (Å²) in [4.78, 5) is 130. The molecule has 0 aromatic heterocycles. The predicted octanol–water partition coefficient (Wildman–Crippen LogP) is -1.17. The van der Waals surface area contributed by atoms with Crippen LogP contribution in [0.1, 0.15) is 233 Å². The Bertz CT molecular complexity index is 2890. The summed E-state index contributed by atoms with van der Waals surface area (Å²) in [6.07, 6.45) is -7.32. The van der Waals surface area contributed by atoms with E-state index in [0.717, 1.165) is 12.8 Å². The lowest BCUT2D eigenvalue weighted by Gasteiger charge is -2.48. The molecular formula is C85H156N10O28. The van der Waals surface area contributed by atoms with Gasteiger partial charge in [0.05, 0.1) is 111 Å². The highest BCUT2D eigenvalue weighted by Crippen LogP contribution is 2.35. The molecule has 0 spiro atoms. The van der Waals surface area contributed by atoms with E-state index in [4.69, 9.17) is 42.6 Å². The summed E-state index contributed by atoms with van der Waals surface area (Å²) < 4.78 is 54.7. The number of hydrogen-bond acceptors (Lipinski definition) is 31. The van der Waals surface area contributed by atoms with Gasteiger partial charge in [0.2, 0.25) is 41.4 Å². The summed E-state index contributed by atoms with van der Waals surface area (Å²) in [6, 6.07) is -3.04. The van der Waals surface area contributed by atoms with Gasteiger partial charge < -0.3 is 142 Å². The van der Waals surface area contributed by atoms with Crippen molar-refractivity contribution in [1.29, 1.82) is 0 Å². The third-order valence-electron chi connectivity index (χ3n) is 22.5. The van der Waals surface area contributed by atoms with Gasteiger partial charge in [-0.15, -0.1) is 0 Å². The maximum absolute atomic E-state index is 13.7. The summed E-state index contributed by atoms with van der Waals surface area (Å²) in [6.45, 7) is 27.0. The molecule has 38 nitrogen and oxygen atoms in total. The molecule has 0 aromatic rings. The molecule has 0 saturated carbocycles. The molecule has 7 amide bonds. The van der Waals surface area contributed by atoms with Crippen molar-refractivity contribution in [2.24, 2.45) is 0 Å². The molecule has 8 unspecified atom stereocenters. The maximum Gasteiger partial charge on any atom is 0.222 e. The molecule has 38 heteroatoms. The number of ketones is 3. The molecule has 3 aliphatic rings. The van der Waals surface area contributed by atoms with Crippen molar-refractivity contribution < 1.29 is 137 Å². The molecule has 0 bridgehead atoms. The van der Waals surface area contributed by atoms with Gasteiger partial charge >= 0.3 is 0 Å². The summed E-state index contributed by atoms with van der Waals surface area (Å²) >= 11 is 0. The highest BCUT2D eigenvalue weighted by molar-refractivity contribution is 5.88. The lowest BCUT2D eigenvalue weighted by molar-refractivity contribution is -0.242. The minimum atomic E-state index is -1.44. The van der Waals surface area contributed by atoms with Crippen molar-refractivity contribution in [3.8, 4) is 0 Å². The number of carbonyl (C=O) groups is 10. The molecule has 15 atom stereocenters. The van der Waals surface area contributed by atoms with E-state index in [9.17, 15) is 93.9 Å². The van der Waals surface area contributed by atoms with Crippen LogP contribution in [0.15, 0.2) is 0 Å². The van der Waals surface area contributed by atoms with Crippen LogP contribution in [-0.2, 0) is 90.6 Å². The zero-order valence-electron chi connectivity index (χ0n) is 76.1. The van der Waals surface area contributed by atoms with Crippen LogP contribution in [-0.4, -0.2) is 354 Å². The van der Waals surface area contributed by atoms with Gasteiger partial charge in [0.1, 0.15) is 78.8 Å². The second-order valence-corrected chi connectivity index (χ2v) is 35.9. The van der Waals surface area contributed by atoms with E-state index in [-0.39, 0.29) is 165 Å². The molecular weight excluding hydrogens is 1610 g/mol.